The van der Waals surface area contributed by atoms with E-state index in [4.69, 9.17) is 0 Å². The van der Waals surface area contributed by atoms with Gasteiger partial charge >= 0.3 is 0 Å². The normalized spacial score (nSPS) is 27.0. The number of nitrogens with zero attached hydrogens (tertiary/aromatic N) is 2. The van der Waals surface area contributed by atoms with Gasteiger partial charge in [-0.25, -0.2) is 8.42 Å². The number of sulfonamides is 1. The zero-order chi connectivity index (χ0) is 17.3. The van der Waals surface area contributed by atoms with Crippen LogP contribution in [0, 0.1) is 5.92 Å². The highest BCUT2D eigenvalue weighted by Crippen LogP contribution is 2.33. The third-order valence-electron chi connectivity index (χ3n) is 5.72. The molecule has 1 aliphatic heterocycles. The van der Waals surface area contributed by atoms with E-state index >= 15 is 0 Å². The lowest BCUT2D eigenvalue weighted by molar-refractivity contribution is 0.136. The Kier molecular flexibility index (Phi) is 5.18. The summed E-state index contributed by atoms with van der Waals surface area (Å²) in [4.78, 5) is 2.72. The summed E-state index contributed by atoms with van der Waals surface area (Å²) in [5.74, 6) is 0.795. The van der Waals surface area contributed by atoms with E-state index in [1.165, 1.54) is 29.3 Å². The lowest BCUT2D eigenvalue weighted by Crippen LogP contribution is -2.41. The summed E-state index contributed by atoms with van der Waals surface area (Å²) >= 11 is 0. The molecule has 0 bridgehead atoms. The van der Waals surface area contributed by atoms with Crippen LogP contribution in [0.3, 0.4) is 0 Å². The van der Waals surface area contributed by atoms with E-state index in [0.717, 1.165) is 38.3 Å². The van der Waals surface area contributed by atoms with Crippen LogP contribution in [0.2, 0.25) is 0 Å². The molecular weight excluding hydrogens is 324 g/mol. The van der Waals surface area contributed by atoms with Crippen molar-refractivity contribution < 1.29 is 13.5 Å². The van der Waals surface area contributed by atoms with Crippen molar-refractivity contribution in [1.82, 2.24) is 9.21 Å². The largest absolute Gasteiger partial charge is 0.508 e. The number of hydrogen-bond acceptors (Lipinski definition) is 4. The molecule has 0 aromatic heterocycles. The molecule has 134 valence electrons. The van der Waals surface area contributed by atoms with Gasteiger partial charge in [-0.15, -0.1) is 0 Å². The molecular formula is C18H28N2O3S. The average Bonchev–Trinajstić information content (AvgIpc) is 3.04. The number of aromatic hydroxyl groups is 1. The Bertz CT molecular complexity index is 669. The van der Waals surface area contributed by atoms with Gasteiger partial charge in [0, 0.05) is 19.1 Å². The zero-order valence-corrected chi connectivity index (χ0v) is 15.4. The van der Waals surface area contributed by atoms with Gasteiger partial charge in [-0.05, 0) is 69.3 Å². The van der Waals surface area contributed by atoms with Crippen molar-refractivity contribution in [1.29, 1.82) is 0 Å². The Balaban J connectivity index is 1.66. The molecule has 2 atom stereocenters. The van der Waals surface area contributed by atoms with E-state index < -0.39 is 10.0 Å². The van der Waals surface area contributed by atoms with Crippen molar-refractivity contribution in [3.8, 4) is 5.75 Å². The van der Waals surface area contributed by atoms with Crippen LogP contribution in [-0.2, 0) is 10.0 Å². The quantitative estimate of drug-likeness (QED) is 0.905. The van der Waals surface area contributed by atoms with E-state index in [-0.39, 0.29) is 16.7 Å². The lowest BCUT2D eigenvalue weighted by atomic mass is 9.97. The highest BCUT2D eigenvalue weighted by Gasteiger charge is 2.37. The molecule has 1 N–H and O–H groups in total. The van der Waals surface area contributed by atoms with Gasteiger partial charge in [0.2, 0.25) is 10.0 Å². The third-order valence-corrected chi connectivity index (χ3v) is 7.63. The van der Waals surface area contributed by atoms with Crippen molar-refractivity contribution in [3.05, 3.63) is 24.3 Å². The molecule has 0 amide bonds. The second kappa shape index (κ2) is 7.02. The number of phenolic OH excluding ortho intramolecular Hbond substituents is 1. The van der Waals surface area contributed by atoms with Gasteiger partial charge in [0.1, 0.15) is 5.75 Å². The first-order chi connectivity index (χ1) is 11.4. The van der Waals surface area contributed by atoms with Gasteiger partial charge < -0.3 is 10.0 Å². The molecule has 3 rings (SSSR count). The molecule has 5 nitrogen and oxygen atoms in total. The van der Waals surface area contributed by atoms with Crippen molar-refractivity contribution in [2.24, 2.45) is 5.92 Å². The molecule has 1 saturated carbocycles. The Morgan fingerprint density at radius 2 is 1.88 bits per heavy atom. The first-order valence-electron chi connectivity index (χ1n) is 8.89. The van der Waals surface area contributed by atoms with Gasteiger partial charge in [-0.3, -0.25) is 0 Å². The van der Waals surface area contributed by atoms with Gasteiger partial charge in [-0.2, -0.15) is 4.31 Å². The van der Waals surface area contributed by atoms with Gasteiger partial charge in [-0.1, -0.05) is 13.0 Å². The molecule has 2 unspecified atom stereocenters. The van der Waals surface area contributed by atoms with E-state index in [1.807, 2.05) is 0 Å². The fourth-order valence-corrected chi connectivity index (χ4v) is 5.43. The molecule has 1 aromatic rings. The maximum atomic E-state index is 12.8. The summed E-state index contributed by atoms with van der Waals surface area (Å²) in [6.07, 6.45) is 5.38. The fraction of sp³-hybridized carbons (Fsp3) is 0.667. The van der Waals surface area contributed by atoms with Crippen LogP contribution in [0.1, 0.15) is 39.0 Å². The summed E-state index contributed by atoms with van der Waals surface area (Å²) in [7, 11) is -1.88. The molecule has 6 heteroatoms. The molecule has 0 radical (unpaired) electrons. The first kappa shape index (κ1) is 17.7. The predicted octanol–water partition coefficient (Wildman–Crippen LogP) is 2.67. The Morgan fingerprint density at radius 1 is 1.17 bits per heavy atom. The molecule has 1 heterocycles. The molecule has 1 saturated heterocycles. The van der Waals surface area contributed by atoms with Crippen molar-refractivity contribution >= 4 is 10.0 Å². The summed E-state index contributed by atoms with van der Waals surface area (Å²) in [5.41, 5.74) is 0. The molecule has 24 heavy (non-hydrogen) atoms. The fourth-order valence-electron chi connectivity index (χ4n) is 4.00. The number of hydrogen-bond donors (Lipinski definition) is 1. The summed E-state index contributed by atoms with van der Waals surface area (Å²) in [6, 6.07) is 6.48. The minimum Gasteiger partial charge on any atom is -0.508 e. The molecule has 0 spiro atoms. The summed E-state index contributed by atoms with van der Waals surface area (Å²) < 4.78 is 27.1. The van der Waals surface area contributed by atoms with Crippen LogP contribution in [-0.4, -0.2) is 55.0 Å². The standard InChI is InChI=1S/C18H28N2O3S/c1-14-8-10-20(11-9-14)16-7-6-15(12-16)19(2)24(22,23)18-5-3-4-17(21)13-18/h3-5,13-16,21H,6-12H2,1-2H3. The van der Waals surface area contributed by atoms with Crippen molar-refractivity contribution in [2.75, 3.05) is 20.1 Å². The predicted molar refractivity (Wildman–Crippen MR) is 94.5 cm³/mol. The molecule has 2 aliphatic rings. The SMILES string of the molecule is CC1CCN(C2CCC(N(C)S(=O)(=O)c3cccc(O)c3)C2)CC1. The average molecular weight is 353 g/mol. The molecule has 2 fully saturated rings. The number of piperidine rings is 1. The van der Waals surface area contributed by atoms with Gasteiger partial charge in [0.15, 0.2) is 0 Å². The van der Waals surface area contributed by atoms with Crippen LogP contribution in [0.25, 0.3) is 0 Å². The van der Waals surface area contributed by atoms with Crippen LogP contribution >= 0.6 is 0 Å². The van der Waals surface area contributed by atoms with E-state index in [9.17, 15) is 13.5 Å². The summed E-state index contributed by atoms with van der Waals surface area (Å²) in [5, 5.41) is 9.57. The number of likely N-dealkylation sites (tertiary alicyclic amines) is 1. The number of benzene rings is 1. The molecule has 1 aliphatic carbocycles. The summed E-state index contributed by atoms with van der Waals surface area (Å²) in [6.45, 7) is 4.59. The smallest absolute Gasteiger partial charge is 0.243 e. The lowest BCUT2D eigenvalue weighted by Gasteiger charge is -2.35. The Labute approximate surface area is 145 Å². The van der Waals surface area contributed by atoms with Crippen molar-refractivity contribution in [2.45, 2.75) is 56.0 Å². The van der Waals surface area contributed by atoms with Crippen LogP contribution in [0.5, 0.6) is 5.75 Å². The second-order valence-corrected chi connectivity index (χ2v) is 9.36. The topological polar surface area (TPSA) is 60.9 Å². The van der Waals surface area contributed by atoms with Gasteiger partial charge in [0.05, 0.1) is 4.90 Å². The van der Waals surface area contributed by atoms with Crippen LogP contribution < -0.4 is 0 Å². The van der Waals surface area contributed by atoms with Crippen LogP contribution in [0.4, 0.5) is 0 Å². The minimum atomic E-state index is -3.55. The zero-order valence-electron chi connectivity index (χ0n) is 14.6. The van der Waals surface area contributed by atoms with E-state index in [2.05, 4.69) is 11.8 Å². The van der Waals surface area contributed by atoms with Crippen LogP contribution in [0.15, 0.2) is 29.2 Å². The van der Waals surface area contributed by atoms with E-state index in [1.54, 1.807) is 19.2 Å². The maximum absolute atomic E-state index is 12.8. The number of phenols is 1. The molecule has 1 aromatic carbocycles. The number of rotatable bonds is 4. The Morgan fingerprint density at radius 3 is 2.54 bits per heavy atom. The third kappa shape index (κ3) is 3.60. The maximum Gasteiger partial charge on any atom is 0.243 e. The first-order valence-corrected chi connectivity index (χ1v) is 10.3. The monoisotopic (exact) mass is 352 g/mol. The highest BCUT2D eigenvalue weighted by atomic mass is 32.2. The minimum absolute atomic E-state index is 0.0174. The second-order valence-electron chi connectivity index (χ2n) is 7.36. The van der Waals surface area contributed by atoms with Gasteiger partial charge in [0.25, 0.3) is 0 Å². The highest BCUT2D eigenvalue weighted by molar-refractivity contribution is 7.89. The Hall–Kier alpha value is -1.11. The van der Waals surface area contributed by atoms with Crippen molar-refractivity contribution in [3.63, 3.8) is 0 Å². The van der Waals surface area contributed by atoms with E-state index in [0.29, 0.717) is 6.04 Å².